The summed E-state index contributed by atoms with van der Waals surface area (Å²) in [6.07, 6.45) is 0.248. The van der Waals surface area contributed by atoms with Crippen molar-refractivity contribution in [1.82, 2.24) is 5.32 Å². The number of hydrogen-bond donors (Lipinski definition) is 3. The zero-order chi connectivity index (χ0) is 15.1. The smallest absolute Gasteiger partial charge is 0.252 e. The number of carbonyl (C=O) groups excluding carboxylic acids is 2. The minimum atomic E-state index is -0.838. The third kappa shape index (κ3) is 4.37. The van der Waals surface area contributed by atoms with Gasteiger partial charge in [-0.15, -0.1) is 0 Å². The molecular formula is C14H15FN2O3. The summed E-state index contributed by atoms with van der Waals surface area (Å²) in [6, 6.07) is 2.96. The predicted octanol–water partition coefficient (Wildman–Crippen LogP) is 0.163. The molecule has 106 valence electrons. The molecule has 0 aliphatic carbocycles. The van der Waals surface area contributed by atoms with Crippen LogP contribution in [-0.2, 0) is 4.79 Å². The van der Waals surface area contributed by atoms with Crippen LogP contribution in [0.4, 0.5) is 4.39 Å². The number of aliphatic hydroxyl groups excluding tert-OH is 1. The van der Waals surface area contributed by atoms with E-state index in [1.54, 1.807) is 0 Å². The van der Waals surface area contributed by atoms with Crippen molar-refractivity contribution < 1.29 is 19.1 Å². The summed E-state index contributed by atoms with van der Waals surface area (Å²) in [5.41, 5.74) is 5.23. The van der Waals surface area contributed by atoms with Crippen molar-refractivity contribution in [3.8, 4) is 11.8 Å². The van der Waals surface area contributed by atoms with Gasteiger partial charge in [-0.05, 0) is 25.1 Å². The highest BCUT2D eigenvalue weighted by Crippen LogP contribution is 2.09. The number of aliphatic hydroxyl groups is 1. The van der Waals surface area contributed by atoms with Crippen molar-refractivity contribution in [1.29, 1.82) is 0 Å². The van der Waals surface area contributed by atoms with Crippen molar-refractivity contribution in [2.45, 2.75) is 19.4 Å². The third-order valence-electron chi connectivity index (χ3n) is 2.47. The summed E-state index contributed by atoms with van der Waals surface area (Å²) in [5.74, 6) is 3.22. The Morgan fingerprint density at radius 3 is 2.75 bits per heavy atom. The van der Waals surface area contributed by atoms with Gasteiger partial charge in [0.2, 0.25) is 5.91 Å². The first-order valence-electron chi connectivity index (χ1n) is 5.95. The highest BCUT2D eigenvalue weighted by molar-refractivity contribution is 5.97. The summed E-state index contributed by atoms with van der Waals surface area (Å²) in [7, 11) is 0. The van der Waals surface area contributed by atoms with Crippen molar-refractivity contribution in [3.63, 3.8) is 0 Å². The summed E-state index contributed by atoms with van der Waals surface area (Å²) < 4.78 is 13.7. The Bertz CT molecular complexity index is 576. The van der Waals surface area contributed by atoms with Crippen molar-refractivity contribution in [2.75, 3.05) is 6.61 Å². The SMILES string of the molecule is CC(NC(=O)c1ccc(C#CCCO)c(F)c1)C(N)=O. The second-order valence-electron chi connectivity index (χ2n) is 4.07. The number of primary amides is 1. The number of amides is 2. The Balaban J connectivity index is 2.85. The molecule has 5 nitrogen and oxygen atoms in total. The van der Waals surface area contributed by atoms with E-state index < -0.39 is 23.7 Å². The molecule has 4 N–H and O–H groups in total. The molecule has 2 amide bonds. The Hall–Kier alpha value is -2.39. The Kier molecular flexibility index (Phi) is 5.69. The number of rotatable bonds is 4. The maximum absolute atomic E-state index is 13.7. The zero-order valence-corrected chi connectivity index (χ0v) is 10.9. The molecule has 0 fully saturated rings. The van der Waals surface area contributed by atoms with Gasteiger partial charge >= 0.3 is 0 Å². The fourth-order valence-corrected chi connectivity index (χ4v) is 1.32. The summed E-state index contributed by atoms with van der Waals surface area (Å²) in [4.78, 5) is 22.6. The first kappa shape index (κ1) is 15.7. The van der Waals surface area contributed by atoms with Crippen LogP contribution in [0.3, 0.4) is 0 Å². The van der Waals surface area contributed by atoms with E-state index in [9.17, 15) is 14.0 Å². The van der Waals surface area contributed by atoms with E-state index >= 15 is 0 Å². The van der Waals surface area contributed by atoms with E-state index in [0.717, 1.165) is 6.07 Å². The molecule has 0 spiro atoms. The monoisotopic (exact) mass is 278 g/mol. The molecule has 1 unspecified atom stereocenters. The van der Waals surface area contributed by atoms with Crippen LogP contribution in [0.1, 0.15) is 29.3 Å². The van der Waals surface area contributed by atoms with Gasteiger partial charge in [0.15, 0.2) is 0 Å². The van der Waals surface area contributed by atoms with Crippen LogP contribution >= 0.6 is 0 Å². The number of halogens is 1. The van der Waals surface area contributed by atoms with Gasteiger partial charge < -0.3 is 16.2 Å². The van der Waals surface area contributed by atoms with Gasteiger partial charge in [0.25, 0.3) is 5.91 Å². The maximum Gasteiger partial charge on any atom is 0.252 e. The Morgan fingerprint density at radius 1 is 1.50 bits per heavy atom. The van der Waals surface area contributed by atoms with Crippen molar-refractivity contribution >= 4 is 11.8 Å². The number of carbonyl (C=O) groups is 2. The average molecular weight is 278 g/mol. The standard InChI is InChI=1S/C14H15FN2O3/c1-9(13(16)19)17-14(20)11-6-5-10(12(15)8-11)4-2-3-7-18/h5-6,8-9,18H,3,7H2,1H3,(H2,16,19)(H,17,20). The molecule has 1 aromatic rings. The topological polar surface area (TPSA) is 92.4 Å². The normalized spacial score (nSPS) is 11.2. The fourth-order valence-electron chi connectivity index (χ4n) is 1.32. The summed E-state index contributed by atoms with van der Waals surface area (Å²) >= 11 is 0. The second-order valence-corrected chi connectivity index (χ2v) is 4.07. The molecule has 0 aliphatic rings. The van der Waals surface area contributed by atoms with Gasteiger partial charge in [0.1, 0.15) is 11.9 Å². The van der Waals surface area contributed by atoms with Crippen LogP contribution in [0.5, 0.6) is 0 Å². The van der Waals surface area contributed by atoms with Gasteiger partial charge in [-0.3, -0.25) is 9.59 Å². The van der Waals surface area contributed by atoms with E-state index in [1.807, 2.05) is 0 Å². The highest BCUT2D eigenvalue weighted by atomic mass is 19.1. The van der Waals surface area contributed by atoms with Crippen molar-refractivity contribution in [2.24, 2.45) is 5.73 Å². The molecule has 0 aliphatic heterocycles. The van der Waals surface area contributed by atoms with Crippen LogP contribution in [0.2, 0.25) is 0 Å². The van der Waals surface area contributed by atoms with Gasteiger partial charge in [-0.2, -0.15) is 0 Å². The zero-order valence-electron chi connectivity index (χ0n) is 10.9. The van der Waals surface area contributed by atoms with Crippen LogP contribution < -0.4 is 11.1 Å². The molecule has 20 heavy (non-hydrogen) atoms. The van der Waals surface area contributed by atoms with Crippen molar-refractivity contribution in [3.05, 3.63) is 35.1 Å². The minimum absolute atomic E-state index is 0.0725. The van der Waals surface area contributed by atoms with Gasteiger partial charge in [0.05, 0.1) is 12.2 Å². The largest absolute Gasteiger partial charge is 0.395 e. The molecule has 0 heterocycles. The molecule has 1 atom stereocenters. The average Bonchev–Trinajstić information content (AvgIpc) is 2.40. The maximum atomic E-state index is 13.7. The number of hydrogen-bond acceptors (Lipinski definition) is 3. The summed E-state index contributed by atoms with van der Waals surface area (Å²) in [6.45, 7) is 1.34. The first-order valence-corrected chi connectivity index (χ1v) is 5.95. The predicted molar refractivity (Wildman–Crippen MR) is 71.1 cm³/mol. The number of nitrogens with one attached hydrogen (secondary N) is 1. The van der Waals surface area contributed by atoms with E-state index in [4.69, 9.17) is 10.8 Å². The van der Waals surface area contributed by atoms with E-state index in [-0.39, 0.29) is 24.2 Å². The van der Waals surface area contributed by atoms with Crippen LogP contribution in [0.25, 0.3) is 0 Å². The Morgan fingerprint density at radius 2 is 2.20 bits per heavy atom. The number of benzene rings is 1. The quantitative estimate of drug-likeness (QED) is 0.685. The van der Waals surface area contributed by atoms with Crippen LogP contribution in [0.15, 0.2) is 18.2 Å². The lowest BCUT2D eigenvalue weighted by molar-refractivity contribution is -0.119. The van der Waals surface area contributed by atoms with Crippen LogP contribution in [-0.4, -0.2) is 29.6 Å². The fraction of sp³-hybridized carbons (Fsp3) is 0.286. The molecule has 0 aromatic heterocycles. The van der Waals surface area contributed by atoms with E-state index in [1.165, 1.54) is 19.1 Å². The minimum Gasteiger partial charge on any atom is -0.395 e. The molecule has 1 rings (SSSR count). The third-order valence-corrected chi connectivity index (χ3v) is 2.47. The lowest BCUT2D eigenvalue weighted by Crippen LogP contribution is -2.42. The molecular weight excluding hydrogens is 263 g/mol. The van der Waals surface area contributed by atoms with Gasteiger partial charge in [-0.25, -0.2) is 4.39 Å². The van der Waals surface area contributed by atoms with Crippen LogP contribution in [0, 0.1) is 17.7 Å². The molecule has 1 aromatic carbocycles. The Labute approximate surface area is 116 Å². The molecule has 6 heteroatoms. The van der Waals surface area contributed by atoms with E-state index in [0.29, 0.717) is 0 Å². The van der Waals surface area contributed by atoms with Gasteiger partial charge in [0, 0.05) is 12.0 Å². The summed E-state index contributed by atoms with van der Waals surface area (Å²) in [5, 5.41) is 10.9. The molecule has 0 saturated carbocycles. The molecule has 0 radical (unpaired) electrons. The van der Waals surface area contributed by atoms with E-state index in [2.05, 4.69) is 17.2 Å². The first-order chi connectivity index (χ1) is 9.45. The highest BCUT2D eigenvalue weighted by Gasteiger charge is 2.14. The lowest BCUT2D eigenvalue weighted by atomic mass is 10.1. The van der Waals surface area contributed by atoms with Gasteiger partial charge in [-0.1, -0.05) is 11.8 Å². The molecule has 0 saturated heterocycles. The molecule has 0 bridgehead atoms. The number of nitrogens with two attached hydrogens (primary N) is 1. The second kappa shape index (κ2) is 7.26. The lowest BCUT2D eigenvalue weighted by Gasteiger charge is -2.10.